The van der Waals surface area contributed by atoms with E-state index >= 15 is 0 Å². The van der Waals surface area contributed by atoms with E-state index in [1.165, 1.54) is 50.3 Å². The van der Waals surface area contributed by atoms with Gasteiger partial charge in [0.1, 0.15) is 0 Å². The van der Waals surface area contributed by atoms with Gasteiger partial charge in [0, 0.05) is 5.33 Å². The van der Waals surface area contributed by atoms with Gasteiger partial charge in [0.15, 0.2) is 0 Å². The van der Waals surface area contributed by atoms with Crippen LogP contribution < -0.4 is 0 Å². The average molecular weight is 233 g/mol. The molecule has 0 saturated heterocycles. The van der Waals surface area contributed by atoms with Crippen LogP contribution in [-0.2, 0) is 0 Å². The van der Waals surface area contributed by atoms with Crippen LogP contribution in [-0.4, -0.2) is 5.33 Å². The lowest BCUT2D eigenvalue weighted by Crippen LogP contribution is -2.18. The maximum atomic E-state index is 3.65. The minimum atomic E-state index is 0.968. The number of hydrogen-bond acceptors (Lipinski definition) is 0. The molecule has 0 aromatic carbocycles. The molecule has 0 nitrogen and oxygen atoms in total. The van der Waals surface area contributed by atoms with Crippen LogP contribution in [0.5, 0.6) is 0 Å². The second-order valence-corrected chi connectivity index (χ2v) is 4.75. The molecule has 0 N–H and O–H groups in total. The largest absolute Gasteiger partial charge is 0.0925 e. The molecule has 1 aliphatic carbocycles. The number of halogens is 1. The Morgan fingerprint density at radius 3 is 2.42 bits per heavy atom. The quantitative estimate of drug-likeness (QED) is 0.632. The predicted molar refractivity (Wildman–Crippen MR) is 58.8 cm³/mol. The van der Waals surface area contributed by atoms with Crippen molar-refractivity contribution in [3.63, 3.8) is 0 Å². The zero-order chi connectivity index (χ0) is 8.81. The van der Waals surface area contributed by atoms with E-state index in [-0.39, 0.29) is 0 Å². The fourth-order valence-corrected chi connectivity index (χ4v) is 3.27. The summed E-state index contributed by atoms with van der Waals surface area (Å²) in [4.78, 5) is 0. The summed E-state index contributed by atoms with van der Waals surface area (Å²) in [5.41, 5.74) is 0. The molecule has 1 unspecified atom stereocenters. The van der Waals surface area contributed by atoms with Crippen molar-refractivity contribution in [3.8, 4) is 0 Å². The van der Waals surface area contributed by atoms with Gasteiger partial charge in [0.25, 0.3) is 0 Å². The van der Waals surface area contributed by atoms with E-state index < -0.39 is 0 Å². The van der Waals surface area contributed by atoms with Crippen LogP contribution in [0.2, 0.25) is 0 Å². The molecular weight excluding hydrogens is 212 g/mol. The predicted octanol–water partition coefficient (Wildman–Crippen LogP) is 4.38. The van der Waals surface area contributed by atoms with E-state index in [1.807, 2.05) is 0 Å². The van der Waals surface area contributed by atoms with Crippen molar-refractivity contribution in [3.05, 3.63) is 0 Å². The Morgan fingerprint density at radius 1 is 1.25 bits per heavy atom. The molecule has 0 amide bonds. The van der Waals surface area contributed by atoms with Gasteiger partial charge in [0.05, 0.1) is 0 Å². The topological polar surface area (TPSA) is 0 Å². The van der Waals surface area contributed by atoms with E-state index in [1.54, 1.807) is 0 Å². The minimum absolute atomic E-state index is 0.968. The summed E-state index contributed by atoms with van der Waals surface area (Å²) in [7, 11) is 0. The molecule has 1 heteroatoms. The average Bonchev–Trinajstić information content (AvgIpc) is 2.15. The van der Waals surface area contributed by atoms with Crippen molar-refractivity contribution < 1.29 is 0 Å². The summed E-state index contributed by atoms with van der Waals surface area (Å²) in [5.74, 6) is 2.01. The third kappa shape index (κ3) is 3.08. The monoisotopic (exact) mass is 232 g/mol. The van der Waals surface area contributed by atoms with Crippen molar-refractivity contribution in [2.24, 2.45) is 11.8 Å². The zero-order valence-corrected chi connectivity index (χ0v) is 9.78. The van der Waals surface area contributed by atoms with Crippen molar-refractivity contribution in [1.82, 2.24) is 0 Å². The van der Waals surface area contributed by atoms with Crippen LogP contribution >= 0.6 is 15.9 Å². The fourth-order valence-electron chi connectivity index (χ4n) is 2.42. The lowest BCUT2D eigenvalue weighted by atomic mass is 9.79. The van der Waals surface area contributed by atoms with Crippen molar-refractivity contribution in [2.75, 3.05) is 5.33 Å². The molecule has 1 fully saturated rings. The van der Waals surface area contributed by atoms with Crippen molar-refractivity contribution in [2.45, 2.75) is 51.9 Å². The summed E-state index contributed by atoms with van der Waals surface area (Å²) >= 11 is 3.65. The van der Waals surface area contributed by atoms with Crippen molar-refractivity contribution in [1.29, 1.82) is 0 Å². The molecule has 12 heavy (non-hydrogen) atoms. The van der Waals surface area contributed by atoms with Gasteiger partial charge in [0.2, 0.25) is 0 Å². The summed E-state index contributed by atoms with van der Waals surface area (Å²) in [6.07, 6.45) is 10.2. The smallest absolute Gasteiger partial charge is 0.00623 e. The third-order valence-corrected chi connectivity index (χ3v) is 4.01. The Labute approximate surface area is 85.3 Å². The van der Waals surface area contributed by atoms with Gasteiger partial charge in [-0.25, -0.2) is 0 Å². The highest BCUT2D eigenvalue weighted by Crippen LogP contribution is 2.33. The van der Waals surface area contributed by atoms with Gasteiger partial charge in [-0.1, -0.05) is 61.4 Å². The summed E-state index contributed by atoms with van der Waals surface area (Å²) in [5, 5.41) is 1.23. The van der Waals surface area contributed by atoms with Crippen LogP contribution in [0.15, 0.2) is 0 Å². The molecule has 0 aliphatic heterocycles. The highest BCUT2D eigenvalue weighted by atomic mass is 79.9. The highest BCUT2D eigenvalue weighted by Gasteiger charge is 2.21. The standard InChI is InChI=1S/C11H21Br/c1-2-6-11(9-12)10-7-4-3-5-8-10/h10-11H,2-9H2,1H3. The number of hydrogen-bond donors (Lipinski definition) is 0. The van der Waals surface area contributed by atoms with Gasteiger partial charge < -0.3 is 0 Å². The molecule has 1 atom stereocenters. The van der Waals surface area contributed by atoms with E-state index in [0.29, 0.717) is 0 Å². The molecule has 0 bridgehead atoms. The van der Waals surface area contributed by atoms with Crippen LogP contribution in [0.4, 0.5) is 0 Å². The molecule has 0 spiro atoms. The van der Waals surface area contributed by atoms with E-state index in [2.05, 4.69) is 22.9 Å². The first-order chi connectivity index (χ1) is 5.88. The molecule has 0 aromatic heterocycles. The summed E-state index contributed by atoms with van der Waals surface area (Å²) < 4.78 is 0. The fraction of sp³-hybridized carbons (Fsp3) is 1.00. The first-order valence-corrected chi connectivity index (χ1v) is 6.56. The van der Waals surface area contributed by atoms with Gasteiger partial charge in [-0.2, -0.15) is 0 Å². The zero-order valence-electron chi connectivity index (χ0n) is 8.19. The van der Waals surface area contributed by atoms with E-state index in [9.17, 15) is 0 Å². The lowest BCUT2D eigenvalue weighted by Gasteiger charge is -2.28. The lowest BCUT2D eigenvalue weighted by molar-refractivity contribution is 0.256. The van der Waals surface area contributed by atoms with Gasteiger partial charge in [-0.15, -0.1) is 0 Å². The molecule has 0 radical (unpaired) electrons. The Hall–Kier alpha value is 0.480. The maximum Gasteiger partial charge on any atom is 0.00623 e. The minimum Gasteiger partial charge on any atom is -0.0925 e. The molecule has 1 saturated carbocycles. The summed E-state index contributed by atoms with van der Waals surface area (Å²) in [6, 6.07) is 0. The molecule has 1 aliphatic rings. The first-order valence-electron chi connectivity index (χ1n) is 5.44. The Kier molecular flexibility index (Phi) is 5.29. The Bertz CT molecular complexity index is 103. The molecule has 0 heterocycles. The number of rotatable bonds is 4. The molecular formula is C11H21Br. The van der Waals surface area contributed by atoms with Crippen LogP contribution in [0.1, 0.15) is 51.9 Å². The van der Waals surface area contributed by atoms with Gasteiger partial charge in [-0.05, 0) is 18.3 Å². The van der Waals surface area contributed by atoms with Gasteiger partial charge >= 0.3 is 0 Å². The van der Waals surface area contributed by atoms with E-state index in [0.717, 1.165) is 11.8 Å². The third-order valence-electron chi connectivity index (χ3n) is 3.17. The highest BCUT2D eigenvalue weighted by molar-refractivity contribution is 9.09. The number of alkyl halides is 1. The Balaban J connectivity index is 2.29. The van der Waals surface area contributed by atoms with Crippen LogP contribution in [0, 0.1) is 11.8 Å². The van der Waals surface area contributed by atoms with Crippen molar-refractivity contribution >= 4 is 15.9 Å². The maximum absolute atomic E-state index is 3.65. The first kappa shape index (κ1) is 10.6. The Morgan fingerprint density at radius 2 is 1.92 bits per heavy atom. The molecule has 1 rings (SSSR count). The van der Waals surface area contributed by atoms with E-state index in [4.69, 9.17) is 0 Å². The van der Waals surface area contributed by atoms with Crippen LogP contribution in [0.25, 0.3) is 0 Å². The molecule has 0 aromatic rings. The second-order valence-electron chi connectivity index (χ2n) is 4.10. The SMILES string of the molecule is CCCC(CBr)C1CCCCC1. The second kappa shape index (κ2) is 6.01. The van der Waals surface area contributed by atoms with Crippen LogP contribution in [0.3, 0.4) is 0 Å². The van der Waals surface area contributed by atoms with Gasteiger partial charge in [-0.3, -0.25) is 0 Å². The normalized spacial score (nSPS) is 22.5. The molecule has 72 valence electrons. The summed E-state index contributed by atoms with van der Waals surface area (Å²) in [6.45, 7) is 2.30.